The van der Waals surface area contributed by atoms with E-state index in [1.54, 1.807) is 0 Å². The summed E-state index contributed by atoms with van der Waals surface area (Å²) in [4.78, 5) is 14.1. The molecule has 1 saturated heterocycles. The highest BCUT2D eigenvalue weighted by Crippen LogP contribution is 2.20. The Balaban J connectivity index is 2.11. The van der Waals surface area contributed by atoms with Crippen molar-refractivity contribution in [1.29, 1.82) is 0 Å². The number of carbonyl (C=O) groups is 1. The Kier molecular flexibility index (Phi) is 5.00. The average molecular weight is 286 g/mol. The monoisotopic (exact) mass is 286 g/mol. The van der Waals surface area contributed by atoms with Crippen molar-refractivity contribution in [2.24, 2.45) is 0 Å². The lowest BCUT2D eigenvalue weighted by atomic mass is 9.97. The van der Waals surface area contributed by atoms with Crippen molar-refractivity contribution in [2.45, 2.75) is 32.4 Å². The van der Waals surface area contributed by atoms with Crippen LogP contribution in [0.15, 0.2) is 24.3 Å². The first-order valence-electron chi connectivity index (χ1n) is 7.26. The Morgan fingerprint density at radius 3 is 3.00 bits per heavy atom. The molecule has 112 valence electrons. The van der Waals surface area contributed by atoms with Crippen LogP contribution in [0.3, 0.4) is 0 Å². The first-order valence-corrected chi connectivity index (χ1v) is 7.26. The van der Waals surface area contributed by atoms with Gasteiger partial charge in [0.25, 0.3) is 0 Å². The number of amides is 1. The molecule has 1 aliphatic heterocycles. The Hall–Kier alpha value is -1.83. The van der Waals surface area contributed by atoms with Gasteiger partial charge in [0.1, 0.15) is 0 Å². The van der Waals surface area contributed by atoms with E-state index in [2.05, 4.69) is 28.1 Å². The minimum atomic E-state index is -0.489. The van der Waals surface area contributed by atoms with Gasteiger partial charge in [0.2, 0.25) is 5.91 Å². The first kappa shape index (κ1) is 15.6. The van der Waals surface area contributed by atoms with Crippen LogP contribution in [-0.2, 0) is 11.3 Å². The summed E-state index contributed by atoms with van der Waals surface area (Å²) in [7, 11) is 0. The molecular weight excluding hydrogens is 264 g/mol. The molecule has 0 unspecified atom stereocenters. The molecule has 1 heterocycles. The fraction of sp³-hybridized carbons (Fsp3) is 0.471. The van der Waals surface area contributed by atoms with Crippen LogP contribution in [0.5, 0.6) is 0 Å². The maximum Gasteiger partial charge on any atom is 0.240 e. The van der Waals surface area contributed by atoms with Crippen LogP contribution >= 0.6 is 0 Å². The molecule has 2 N–H and O–H groups in total. The summed E-state index contributed by atoms with van der Waals surface area (Å²) in [5, 5.41) is 11.7. The summed E-state index contributed by atoms with van der Waals surface area (Å²) in [6.07, 6.45) is 0.490. The number of nitrogens with one attached hydrogen (secondary N) is 1. The van der Waals surface area contributed by atoms with E-state index in [1.807, 2.05) is 32.0 Å². The van der Waals surface area contributed by atoms with Gasteiger partial charge in [-0.1, -0.05) is 24.0 Å². The predicted molar refractivity (Wildman–Crippen MR) is 82.5 cm³/mol. The van der Waals surface area contributed by atoms with E-state index in [0.717, 1.165) is 24.2 Å². The smallest absolute Gasteiger partial charge is 0.240 e. The predicted octanol–water partition coefficient (Wildman–Crippen LogP) is 1.13. The largest absolute Gasteiger partial charge is 0.395 e. The number of nitrogens with zero attached hydrogens (tertiary/aromatic N) is 1. The molecule has 1 aromatic rings. The van der Waals surface area contributed by atoms with Crippen molar-refractivity contribution in [3.8, 4) is 11.8 Å². The van der Waals surface area contributed by atoms with Crippen molar-refractivity contribution >= 4 is 5.91 Å². The molecule has 4 heteroatoms. The molecule has 1 amide bonds. The second kappa shape index (κ2) is 6.75. The number of benzene rings is 1. The van der Waals surface area contributed by atoms with Crippen molar-refractivity contribution in [1.82, 2.24) is 10.2 Å². The maximum atomic E-state index is 12.0. The third kappa shape index (κ3) is 3.84. The van der Waals surface area contributed by atoms with Gasteiger partial charge in [0.15, 0.2) is 0 Å². The average Bonchev–Trinajstić information content (AvgIpc) is 2.45. The van der Waals surface area contributed by atoms with Gasteiger partial charge in [0.05, 0.1) is 12.1 Å². The summed E-state index contributed by atoms with van der Waals surface area (Å²) in [5.74, 6) is 6.05. The van der Waals surface area contributed by atoms with Crippen molar-refractivity contribution in [3.05, 3.63) is 35.4 Å². The lowest BCUT2D eigenvalue weighted by Crippen LogP contribution is -2.61. The molecule has 21 heavy (non-hydrogen) atoms. The van der Waals surface area contributed by atoms with E-state index < -0.39 is 5.54 Å². The zero-order chi connectivity index (χ0) is 15.3. The molecule has 2 rings (SSSR count). The molecule has 0 spiro atoms. The highest BCUT2D eigenvalue weighted by atomic mass is 16.2. The van der Waals surface area contributed by atoms with Crippen molar-refractivity contribution < 1.29 is 9.90 Å². The van der Waals surface area contributed by atoms with E-state index in [9.17, 15) is 4.79 Å². The number of rotatable bonds is 3. The standard InChI is InChI=1S/C17H22N2O2/c1-17(2)16(21)18-9-10-19(17)13-15-8-5-7-14(12-15)6-3-4-11-20/h5,7-8,12,20H,4,9-11,13H2,1-2H3,(H,18,21). The number of aliphatic hydroxyl groups is 1. The van der Waals surface area contributed by atoms with Crippen molar-refractivity contribution in [3.63, 3.8) is 0 Å². The van der Waals surface area contributed by atoms with E-state index in [-0.39, 0.29) is 12.5 Å². The van der Waals surface area contributed by atoms with Crippen LogP contribution in [-0.4, -0.2) is 41.1 Å². The zero-order valence-electron chi connectivity index (χ0n) is 12.6. The summed E-state index contributed by atoms with van der Waals surface area (Å²) in [6.45, 7) is 6.26. The summed E-state index contributed by atoms with van der Waals surface area (Å²) in [6, 6.07) is 8.05. The van der Waals surface area contributed by atoms with Crippen LogP contribution in [0.25, 0.3) is 0 Å². The van der Waals surface area contributed by atoms with E-state index in [4.69, 9.17) is 5.11 Å². The highest BCUT2D eigenvalue weighted by Gasteiger charge is 2.37. The normalized spacial score (nSPS) is 17.8. The van der Waals surface area contributed by atoms with Crippen LogP contribution in [0.2, 0.25) is 0 Å². The maximum absolute atomic E-state index is 12.0. The number of hydrogen-bond donors (Lipinski definition) is 2. The molecule has 4 nitrogen and oxygen atoms in total. The van der Waals surface area contributed by atoms with E-state index in [1.165, 1.54) is 0 Å². The topological polar surface area (TPSA) is 52.6 Å². The number of hydrogen-bond acceptors (Lipinski definition) is 3. The summed E-state index contributed by atoms with van der Waals surface area (Å²) >= 11 is 0. The van der Waals surface area contributed by atoms with Gasteiger partial charge in [-0.25, -0.2) is 0 Å². The van der Waals surface area contributed by atoms with Crippen LogP contribution in [0.1, 0.15) is 31.4 Å². The molecule has 0 aromatic heterocycles. The van der Waals surface area contributed by atoms with Gasteiger partial charge >= 0.3 is 0 Å². The molecule has 1 aromatic carbocycles. The SMILES string of the molecule is CC1(C)C(=O)NCCN1Cc1cccc(C#CCCO)c1. The first-order chi connectivity index (χ1) is 10.0. The Morgan fingerprint density at radius 1 is 1.43 bits per heavy atom. The molecule has 0 saturated carbocycles. The zero-order valence-corrected chi connectivity index (χ0v) is 12.6. The lowest BCUT2D eigenvalue weighted by Gasteiger charge is -2.41. The second-order valence-corrected chi connectivity index (χ2v) is 5.71. The molecule has 0 bridgehead atoms. The van der Waals surface area contributed by atoms with E-state index in [0.29, 0.717) is 13.0 Å². The van der Waals surface area contributed by atoms with Gasteiger partial charge in [-0.2, -0.15) is 0 Å². The number of aliphatic hydroxyl groups excluding tert-OH is 1. The quantitative estimate of drug-likeness (QED) is 0.819. The summed E-state index contributed by atoms with van der Waals surface area (Å²) in [5.41, 5.74) is 1.60. The van der Waals surface area contributed by atoms with Crippen LogP contribution in [0.4, 0.5) is 0 Å². The number of piperazine rings is 1. The van der Waals surface area contributed by atoms with E-state index >= 15 is 0 Å². The van der Waals surface area contributed by atoms with Gasteiger partial charge < -0.3 is 10.4 Å². The molecule has 1 aliphatic rings. The summed E-state index contributed by atoms with van der Waals surface area (Å²) < 4.78 is 0. The third-order valence-corrected chi connectivity index (χ3v) is 3.78. The minimum Gasteiger partial charge on any atom is -0.395 e. The fourth-order valence-electron chi connectivity index (χ4n) is 2.41. The second-order valence-electron chi connectivity index (χ2n) is 5.71. The molecule has 0 radical (unpaired) electrons. The molecule has 0 aliphatic carbocycles. The molecule has 1 fully saturated rings. The highest BCUT2D eigenvalue weighted by molar-refractivity contribution is 5.86. The molecule has 0 atom stereocenters. The van der Waals surface area contributed by atoms with Gasteiger partial charge in [-0.05, 0) is 31.5 Å². The lowest BCUT2D eigenvalue weighted by molar-refractivity contribution is -0.135. The van der Waals surface area contributed by atoms with Gasteiger partial charge in [0, 0.05) is 31.6 Å². The fourth-order valence-corrected chi connectivity index (χ4v) is 2.41. The van der Waals surface area contributed by atoms with Crippen molar-refractivity contribution in [2.75, 3.05) is 19.7 Å². The van der Waals surface area contributed by atoms with Crippen LogP contribution in [0, 0.1) is 11.8 Å². The number of carbonyl (C=O) groups excluding carboxylic acids is 1. The Bertz CT molecular complexity index is 570. The minimum absolute atomic E-state index is 0.0765. The van der Waals surface area contributed by atoms with Gasteiger partial charge in [-0.3, -0.25) is 9.69 Å². The molecular formula is C17H22N2O2. The Morgan fingerprint density at radius 2 is 2.24 bits per heavy atom. The van der Waals surface area contributed by atoms with Crippen LogP contribution < -0.4 is 5.32 Å². The third-order valence-electron chi connectivity index (χ3n) is 3.78. The van der Waals surface area contributed by atoms with Gasteiger partial charge in [-0.15, -0.1) is 0 Å². The Labute approximate surface area is 126 Å².